The van der Waals surface area contributed by atoms with E-state index >= 15 is 0 Å². The van der Waals surface area contributed by atoms with Crippen LogP contribution >= 0.6 is 15.9 Å². The van der Waals surface area contributed by atoms with Gasteiger partial charge in [0.2, 0.25) is 0 Å². The van der Waals surface area contributed by atoms with Gasteiger partial charge in [0.15, 0.2) is 0 Å². The predicted molar refractivity (Wildman–Crippen MR) is 84.4 cm³/mol. The van der Waals surface area contributed by atoms with E-state index in [9.17, 15) is 0 Å². The second kappa shape index (κ2) is 6.48. The predicted octanol–water partition coefficient (Wildman–Crippen LogP) is 2.99. The van der Waals surface area contributed by atoms with Gasteiger partial charge in [-0.2, -0.15) is 0 Å². The molecular formula is C16H18BrN3. The van der Waals surface area contributed by atoms with Crippen molar-refractivity contribution in [2.45, 2.75) is 12.6 Å². The molecule has 1 aromatic heterocycles. The summed E-state index contributed by atoms with van der Waals surface area (Å²) in [7, 11) is 0. The summed E-state index contributed by atoms with van der Waals surface area (Å²) in [4.78, 5) is 6.65. The summed E-state index contributed by atoms with van der Waals surface area (Å²) in [6.45, 7) is 4.07. The number of halogens is 1. The molecule has 3 rings (SSSR count). The summed E-state index contributed by atoms with van der Waals surface area (Å²) in [5.41, 5.74) is 2.67. The second-order valence-corrected chi connectivity index (χ2v) is 5.92. The SMILES string of the molecule is Brc1ccccc1CN1CCNCC1c1ccncc1. The quantitative estimate of drug-likeness (QED) is 0.937. The number of aromatic nitrogens is 1. The number of nitrogens with zero attached hydrogens (tertiary/aromatic N) is 2. The maximum Gasteiger partial charge on any atom is 0.0477 e. The van der Waals surface area contributed by atoms with Crippen LogP contribution in [0.15, 0.2) is 53.3 Å². The van der Waals surface area contributed by atoms with Crippen molar-refractivity contribution in [1.82, 2.24) is 15.2 Å². The molecule has 1 aliphatic heterocycles. The largest absolute Gasteiger partial charge is 0.314 e. The van der Waals surface area contributed by atoms with E-state index in [0.29, 0.717) is 6.04 Å². The smallest absolute Gasteiger partial charge is 0.0477 e. The van der Waals surface area contributed by atoms with Gasteiger partial charge in [-0.15, -0.1) is 0 Å². The Labute approximate surface area is 128 Å². The zero-order valence-corrected chi connectivity index (χ0v) is 12.9. The van der Waals surface area contributed by atoms with Crippen molar-refractivity contribution in [2.75, 3.05) is 19.6 Å². The topological polar surface area (TPSA) is 28.2 Å². The molecule has 1 unspecified atom stereocenters. The first-order valence-electron chi connectivity index (χ1n) is 6.92. The van der Waals surface area contributed by atoms with Crippen LogP contribution in [0.2, 0.25) is 0 Å². The van der Waals surface area contributed by atoms with Crippen LogP contribution in [0.3, 0.4) is 0 Å². The Bertz CT molecular complexity index is 559. The first kappa shape index (κ1) is 13.7. The summed E-state index contributed by atoms with van der Waals surface area (Å²) in [6.07, 6.45) is 3.75. The van der Waals surface area contributed by atoms with Gasteiger partial charge in [-0.3, -0.25) is 9.88 Å². The van der Waals surface area contributed by atoms with Crippen LogP contribution < -0.4 is 5.32 Å². The van der Waals surface area contributed by atoms with E-state index < -0.39 is 0 Å². The Morgan fingerprint density at radius 1 is 1.20 bits per heavy atom. The highest BCUT2D eigenvalue weighted by Gasteiger charge is 2.24. The van der Waals surface area contributed by atoms with Gasteiger partial charge in [-0.1, -0.05) is 34.1 Å². The number of nitrogens with one attached hydrogen (secondary N) is 1. The summed E-state index contributed by atoms with van der Waals surface area (Å²) in [6, 6.07) is 13.1. The minimum Gasteiger partial charge on any atom is -0.314 e. The molecule has 2 aromatic rings. The fourth-order valence-corrected chi connectivity index (χ4v) is 3.11. The van der Waals surface area contributed by atoms with Gasteiger partial charge in [-0.05, 0) is 29.3 Å². The lowest BCUT2D eigenvalue weighted by Crippen LogP contribution is -2.45. The molecule has 20 heavy (non-hydrogen) atoms. The molecule has 1 N–H and O–H groups in total. The van der Waals surface area contributed by atoms with Crippen LogP contribution in [0, 0.1) is 0 Å². The Kier molecular flexibility index (Phi) is 4.45. The Hall–Kier alpha value is -1.23. The van der Waals surface area contributed by atoms with Gasteiger partial charge in [0, 0.05) is 49.1 Å². The van der Waals surface area contributed by atoms with Crippen LogP contribution in [0.4, 0.5) is 0 Å². The van der Waals surface area contributed by atoms with Crippen LogP contribution in [0.5, 0.6) is 0 Å². The number of piperazine rings is 1. The highest BCUT2D eigenvalue weighted by Crippen LogP contribution is 2.26. The molecule has 0 radical (unpaired) electrons. The van der Waals surface area contributed by atoms with E-state index in [1.165, 1.54) is 15.6 Å². The van der Waals surface area contributed by atoms with E-state index in [-0.39, 0.29) is 0 Å². The Morgan fingerprint density at radius 2 is 2.00 bits per heavy atom. The fraction of sp³-hybridized carbons (Fsp3) is 0.312. The number of rotatable bonds is 3. The third kappa shape index (κ3) is 3.08. The fourth-order valence-electron chi connectivity index (χ4n) is 2.70. The maximum absolute atomic E-state index is 4.12. The molecule has 0 amide bonds. The van der Waals surface area contributed by atoms with Crippen molar-refractivity contribution < 1.29 is 0 Å². The van der Waals surface area contributed by atoms with Crippen LogP contribution in [-0.2, 0) is 6.54 Å². The lowest BCUT2D eigenvalue weighted by atomic mass is 10.0. The molecule has 104 valence electrons. The molecule has 3 nitrogen and oxygen atoms in total. The van der Waals surface area contributed by atoms with Crippen molar-refractivity contribution in [3.63, 3.8) is 0 Å². The molecule has 0 spiro atoms. The minimum atomic E-state index is 0.416. The number of pyridine rings is 1. The summed E-state index contributed by atoms with van der Waals surface area (Å²) in [5, 5.41) is 3.49. The van der Waals surface area contributed by atoms with Crippen molar-refractivity contribution in [3.05, 3.63) is 64.4 Å². The number of hydrogen-bond acceptors (Lipinski definition) is 3. The number of hydrogen-bond donors (Lipinski definition) is 1. The van der Waals surface area contributed by atoms with Crippen LogP contribution in [0.1, 0.15) is 17.2 Å². The Morgan fingerprint density at radius 3 is 2.80 bits per heavy atom. The van der Waals surface area contributed by atoms with Gasteiger partial charge < -0.3 is 5.32 Å². The zero-order valence-electron chi connectivity index (χ0n) is 11.3. The van der Waals surface area contributed by atoms with E-state index in [2.05, 4.69) is 67.5 Å². The van der Waals surface area contributed by atoms with Gasteiger partial charge in [0.25, 0.3) is 0 Å². The molecular weight excluding hydrogens is 314 g/mol. The summed E-state index contributed by atoms with van der Waals surface area (Å²) in [5.74, 6) is 0. The summed E-state index contributed by atoms with van der Waals surface area (Å²) >= 11 is 3.65. The third-order valence-corrected chi connectivity index (χ3v) is 4.55. The van der Waals surface area contributed by atoms with Crippen LogP contribution in [0.25, 0.3) is 0 Å². The van der Waals surface area contributed by atoms with Crippen LogP contribution in [-0.4, -0.2) is 29.5 Å². The highest BCUT2D eigenvalue weighted by molar-refractivity contribution is 9.10. The molecule has 0 saturated carbocycles. The average Bonchev–Trinajstić information content (AvgIpc) is 2.51. The standard InChI is InChI=1S/C16H18BrN3/c17-15-4-2-1-3-14(15)12-20-10-9-19-11-16(20)13-5-7-18-8-6-13/h1-8,16,19H,9-12H2. The second-order valence-electron chi connectivity index (χ2n) is 5.06. The molecule has 2 heterocycles. The molecule has 1 atom stereocenters. The molecule has 1 aromatic carbocycles. The molecule has 1 fully saturated rings. The van der Waals surface area contributed by atoms with Gasteiger partial charge in [-0.25, -0.2) is 0 Å². The van der Waals surface area contributed by atoms with Crippen molar-refractivity contribution >= 4 is 15.9 Å². The first-order chi connectivity index (χ1) is 9.84. The number of benzene rings is 1. The maximum atomic E-state index is 4.12. The molecule has 0 aliphatic carbocycles. The van der Waals surface area contributed by atoms with Crippen molar-refractivity contribution in [3.8, 4) is 0 Å². The van der Waals surface area contributed by atoms with Gasteiger partial charge in [0.05, 0.1) is 0 Å². The zero-order chi connectivity index (χ0) is 13.8. The van der Waals surface area contributed by atoms with Gasteiger partial charge in [0.1, 0.15) is 0 Å². The molecule has 0 bridgehead atoms. The minimum absolute atomic E-state index is 0.416. The monoisotopic (exact) mass is 331 g/mol. The first-order valence-corrected chi connectivity index (χ1v) is 7.72. The highest BCUT2D eigenvalue weighted by atomic mass is 79.9. The Balaban J connectivity index is 1.81. The normalized spacial score (nSPS) is 19.9. The lowest BCUT2D eigenvalue weighted by molar-refractivity contribution is 0.153. The van der Waals surface area contributed by atoms with Crippen molar-refractivity contribution in [1.29, 1.82) is 0 Å². The molecule has 1 aliphatic rings. The summed E-state index contributed by atoms with van der Waals surface area (Å²) < 4.78 is 1.19. The lowest BCUT2D eigenvalue weighted by Gasteiger charge is -2.36. The molecule has 4 heteroatoms. The van der Waals surface area contributed by atoms with Gasteiger partial charge >= 0.3 is 0 Å². The third-order valence-electron chi connectivity index (χ3n) is 3.78. The van der Waals surface area contributed by atoms with E-state index in [1.807, 2.05) is 12.4 Å². The van der Waals surface area contributed by atoms with E-state index in [0.717, 1.165) is 26.2 Å². The average molecular weight is 332 g/mol. The van der Waals surface area contributed by atoms with E-state index in [1.54, 1.807) is 0 Å². The molecule has 1 saturated heterocycles. The van der Waals surface area contributed by atoms with Crippen molar-refractivity contribution in [2.24, 2.45) is 0 Å². The van der Waals surface area contributed by atoms with E-state index in [4.69, 9.17) is 0 Å².